The molecule has 1 fully saturated rings. The number of rotatable bonds is 6. The van der Waals surface area contributed by atoms with Crippen LogP contribution in [0.3, 0.4) is 0 Å². The van der Waals surface area contributed by atoms with E-state index >= 15 is 0 Å². The molecule has 0 amide bonds. The van der Waals surface area contributed by atoms with Crippen molar-refractivity contribution < 1.29 is 18.9 Å². The van der Waals surface area contributed by atoms with Crippen LogP contribution in [-0.4, -0.2) is 24.9 Å². The number of halogens is 1. The van der Waals surface area contributed by atoms with Crippen LogP contribution in [-0.2, 0) is 16.1 Å². The normalized spacial score (nSPS) is 21.9. The Morgan fingerprint density at radius 2 is 1.80 bits per heavy atom. The average Bonchev–Trinajstić information content (AvgIpc) is 2.95. The van der Waals surface area contributed by atoms with E-state index in [9.17, 15) is 0 Å². The zero-order chi connectivity index (χ0) is 17.9. The predicted octanol–water partition coefficient (Wildman–Crippen LogP) is 4.71. The van der Waals surface area contributed by atoms with Crippen molar-refractivity contribution in [2.45, 2.75) is 38.4 Å². The summed E-state index contributed by atoms with van der Waals surface area (Å²) in [5.74, 6) is 1.06. The van der Waals surface area contributed by atoms with Crippen molar-refractivity contribution in [1.82, 2.24) is 0 Å². The molecule has 2 aromatic carbocycles. The number of hydrogen-bond acceptors (Lipinski definition) is 4. The summed E-state index contributed by atoms with van der Waals surface area (Å²) in [5.41, 5.74) is 2.06. The maximum Gasteiger partial charge on any atom is 0.164 e. The summed E-state index contributed by atoms with van der Waals surface area (Å²) in [6.07, 6.45) is -0.429. The van der Waals surface area contributed by atoms with Crippen molar-refractivity contribution in [2.24, 2.45) is 0 Å². The van der Waals surface area contributed by atoms with Crippen molar-refractivity contribution in [1.29, 1.82) is 0 Å². The molecule has 0 saturated carbocycles. The minimum atomic E-state index is -0.653. The lowest BCUT2D eigenvalue weighted by Crippen LogP contribution is -2.21. The highest BCUT2D eigenvalue weighted by atomic mass is 35.5. The highest BCUT2D eigenvalue weighted by Gasteiger charge is 2.41. The molecule has 134 valence electrons. The molecule has 25 heavy (non-hydrogen) atoms. The summed E-state index contributed by atoms with van der Waals surface area (Å²) >= 11 is 6.04. The van der Waals surface area contributed by atoms with Gasteiger partial charge in [0.25, 0.3) is 0 Å². The van der Waals surface area contributed by atoms with Crippen LogP contribution >= 0.6 is 11.6 Å². The molecule has 4 nitrogen and oxygen atoms in total. The van der Waals surface area contributed by atoms with Crippen molar-refractivity contribution in [2.75, 3.05) is 13.0 Å². The molecule has 0 unspecified atom stereocenters. The molecule has 0 bridgehead atoms. The van der Waals surface area contributed by atoms with Crippen LogP contribution in [0.4, 0.5) is 0 Å². The molecule has 1 aliphatic heterocycles. The molecule has 2 aromatic rings. The molecular weight excluding hydrogens is 340 g/mol. The third-order valence-corrected chi connectivity index (χ3v) is 4.39. The fourth-order valence-electron chi connectivity index (χ4n) is 2.95. The fourth-order valence-corrected chi connectivity index (χ4v) is 3.17. The Morgan fingerprint density at radius 1 is 1.04 bits per heavy atom. The van der Waals surface area contributed by atoms with Crippen LogP contribution in [0.2, 0.25) is 0 Å². The van der Waals surface area contributed by atoms with Gasteiger partial charge in [-0.2, -0.15) is 0 Å². The van der Waals surface area contributed by atoms with Crippen molar-refractivity contribution >= 4 is 11.6 Å². The third kappa shape index (κ3) is 4.27. The Balaban J connectivity index is 1.77. The number of alkyl halides is 1. The van der Waals surface area contributed by atoms with E-state index in [1.54, 1.807) is 7.11 Å². The Labute approximate surface area is 153 Å². The van der Waals surface area contributed by atoms with Crippen LogP contribution in [0, 0.1) is 0 Å². The summed E-state index contributed by atoms with van der Waals surface area (Å²) in [6, 6.07) is 15.8. The quantitative estimate of drug-likeness (QED) is 0.697. The first-order valence-corrected chi connectivity index (χ1v) is 8.82. The highest BCUT2D eigenvalue weighted by molar-refractivity contribution is 6.18. The Kier molecular flexibility index (Phi) is 5.52. The van der Waals surface area contributed by atoms with Gasteiger partial charge in [0.15, 0.2) is 17.3 Å². The molecule has 0 aliphatic carbocycles. The van der Waals surface area contributed by atoms with Crippen LogP contribution in [0.1, 0.15) is 31.1 Å². The van der Waals surface area contributed by atoms with Crippen LogP contribution < -0.4 is 9.47 Å². The second-order valence-corrected chi connectivity index (χ2v) is 6.74. The largest absolute Gasteiger partial charge is 0.493 e. The van der Waals surface area contributed by atoms with Crippen molar-refractivity contribution in [3.05, 3.63) is 59.7 Å². The second-order valence-electron chi connectivity index (χ2n) is 6.43. The van der Waals surface area contributed by atoms with E-state index in [0.29, 0.717) is 24.0 Å². The monoisotopic (exact) mass is 362 g/mol. The van der Waals surface area contributed by atoms with Gasteiger partial charge in [0.05, 0.1) is 13.0 Å². The maximum absolute atomic E-state index is 6.04. The number of ether oxygens (including phenoxy) is 4. The number of hydrogen-bond donors (Lipinski definition) is 0. The zero-order valence-electron chi connectivity index (χ0n) is 14.7. The van der Waals surface area contributed by atoms with Gasteiger partial charge >= 0.3 is 0 Å². The van der Waals surface area contributed by atoms with E-state index in [4.69, 9.17) is 30.5 Å². The topological polar surface area (TPSA) is 36.9 Å². The summed E-state index contributed by atoms with van der Waals surface area (Å²) < 4.78 is 23.3. The summed E-state index contributed by atoms with van der Waals surface area (Å²) in [5, 5.41) is 0. The Bertz CT molecular complexity index is 702. The zero-order valence-corrected chi connectivity index (χ0v) is 15.5. The molecule has 1 heterocycles. The molecule has 0 N–H and O–H groups in total. The van der Waals surface area contributed by atoms with Gasteiger partial charge in [0.2, 0.25) is 0 Å². The molecular formula is C20H23ClO4. The molecule has 0 radical (unpaired) electrons. The minimum Gasteiger partial charge on any atom is -0.493 e. The van der Waals surface area contributed by atoms with Gasteiger partial charge in [-0.05, 0) is 37.1 Å². The minimum absolute atomic E-state index is 0.197. The van der Waals surface area contributed by atoms with Crippen molar-refractivity contribution in [3.8, 4) is 11.5 Å². The first-order chi connectivity index (χ1) is 12.0. The average molecular weight is 363 g/mol. The van der Waals surface area contributed by atoms with Crippen LogP contribution in [0.5, 0.6) is 11.5 Å². The van der Waals surface area contributed by atoms with Crippen LogP contribution in [0.25, 0.3) is 0 Å². The molecule has 3 rings (SSSR count). The standard InChI is InChI=1S/C20H23ClO4/c1-20(2)24-18(12-21)19(25-20)15-9-10-16(17(11-15)22-3)23-13-14-7-5-4-6-8-14/h4-11,18-19H,12-13H2,1-3H3/t18-,19-/m0/s1. The Morgan fingerprint density at radius 3 is 2.48 bits per heavy atom. The molecule has 5 heteroatoms. The second kappa shape index (κ2) is 7.65. The smallest absolute Gasteiger partial charge is 0.164 e. The van der Waals surface area contributed by atoms with E-state index in [2.05, 4.69) is 0 Å². The van der Waals surface area contributed by atoms with E-state index in [0.717, 1.165) is 11.1 Å². The van der Waals surface area contributed by atoms with E-state index in [1.807, 2.05) is 62.4 Å². The molecule has 2 atom stereocenters. The number of methoxy groups -OCH3 is 1. The third-order valence-electron chi connectivity index (χ3n) is 4.09. The lowest BCUT2D eigenvalue weighted by Gasteiger charge is -2.18. The van der Waals surface area contributed by atoms with Gasteiger partial charge in [-0.15, -0.1) is 11.6 Å². The van der Waals surface area contributed by atoms with E-state index in [-0.39, 0.29) is 12.2 Å². The summed E-state index contributed by atoms with van der Waals surface area (Å²) in [6.45, 7) is 4.26. The van der Waals surface area contributed by atoms with Gasteiger partial charge in [-0.1, -0.05) is 36.4 Å². The summed E-state index contributed by atoms with van der Waals surface area (Å²) in [4.78, 5) is 0. The summed E-state index contributed by atoms with van der Waals surface area (Å²) in [7, 11) is 1.63. The van der Waals surface area contributed by atoms with Gasteiger partial charge < -0.3 is 18.9 Å². The molecule has 1 aliphatic rings. The first kappa shape index (κ1) is 18.1. The van der Waals surface area contributed by atoms with E-state index < -0.39 is 5.79 Å². The Hall–Kier alpha value is -1.75. The molecule has 0 spiro atoms. The van der Waals surface area contributed by atoms with Gasteiger partial charge in [0.1, 0.15) is 18.8 Å². The van der Waals surface area contributed by atoms with Crippen LogP contribution in [0.15, 0.2) is 48.5 Å². The first-order valence-electron chi connectivity index (χ1n) is 8.28. The lowest BCUT2D eigenvalue weighted by atomic mass is 10.0. The SMILES string of the molecule is COc1cc([C@@H]2OC(C)(C)O[C@H]2CCl)ccc1OCc1ccccc1. The maximum atomic E-state index is 6.04. The van der Waals surface area contributed by atoms with Gasteiger partial charge in [-0.3, -0.25) is 0 Å². The molecule has 0 aromatic heterocycles. The van der Waals surface area contributed by atoms with Gasteiger partial charge in [-0.25, -0.2) is 0 Å². The highest BCUT2D eigenvalue weighted by Crippen LogP contribution is 2.41. The predicted molar refractivity (Wildman–Crippen MR) is 97.3 cm³/mol. The number of benzene rings is 2. The van der Waals surface area contributed by atoms with E-state index in [1.165, 1.54) is 0 Å². The van der Waals surface area contributed by atoms with Crippen molar-refractivity contribution in [3.63, 3.8) is 0 Å². The lowest BCUT2D eigenvalue weighted by molar-refractivity contribution is -0.145. The molecule has 1 saturated heterocycles. The van der Waals surface area contributed by atoms with Gasteiger partial charge in [0, 0.05) is 0 Å². The fraction of sp³-hybridized carbons (Fsp3) is 0.400.